The molecule has 1 N–H and O–H groups in total. The molecule has 3 rings (SSSR count). The Morgan fingerprint density at radius 2 is 2.15 bits per heavy atom. The van der Waals surface area contributed by atoms with E-state index in [2.05, 4.69) is 37.8 Å². The first-order valence-electron chi connectivity index (χ1n) is 8.63. The van der Waals surface area contributed by atoms with Gasteiger partial charge in [0, 0.05) is 39.1 Å². The molecule has 1 aromatic heterocycles. The number of hydrogen-bond donors (Lipinski definition) is 1. The van der Waals surface area contributed by atoms with Gasteiger partial charge in [-0.15, -0.1) is 24.0 Å². The molecule has 0 aliphatic carbocycles. The second-order valence-electron chi connectivity index (χ2n) is 6.50. The Morgan fingerprint density at radius 3 is 2.77 bits per heavy atom. The number of piperidine rings is 1. The molecule has 6 nitrogen and oxygen atoms in total. The lowest BCUT2D eigenvalue weighted by atomic mass is 9.93. The summed E-state index contributed by atoms with van der Waals surface area (Å²) in [6.45, 7) is 4.92. The van der Waals surface area contributed by atoms with Crippen LogP contribution in [0.1, 0.15) is 30.5 Å². The van der Waals surface area contributed by atoms with E-state index >= 15 is 0 Å². The molecule has 2 unspecified atom stereocenters. The molecule has 2 aromatic rings. The summed E-state index contributed by atoms with van der Waals surface area (Å²) in [4.78, 5) is 11.0. The number of nitriles is 1. The number of nitrogens with one attached hydrogen (secondary N) is 1. The molecule has 26 heavy (non-hydrogen) atoms. The number of aliphatic imine (C=N–C) groups is 1. The molecule has 0 saturated carbocycles. The minimum atomic E-state index is 0. The quantitative estimate of drug-likeness (QED) is 0.431. The summed E-state index contributed by atoms with van der Waals surface area (Å²) >= 11 is 0. The van der Waals surface area contributed by atoms with Crippen molar-refractivity contribution in [2.24, 2.45) is 10.9 Å². The van der Waals surface area contributed by atoms with E-state index in [9.17, 15) is 0 Å². The third-order valence-electron chi connectivity index (χ3n) is 4.87. The van der Waals surface area contributed by atoms with Crippen LogP contribution in [0, 0.1) is 17.2 Å². The smallest absolute Gasteiger partial charge is 0.193 e. The van der Waals surface area contributed by atoms with Gasteiger partial charge in [-0.05, 0) is 30.0 Å². The monoisotopic (exact) mass is 464 g/mol. The van der Waals surface area contributed by atoms with Crippen molar-refractivity contribution in [3.8, 4) is 6.07 Å². The van der Waals surface area contributed by atoms with Crippen LogP contribution in [0.3, 0.4) is 0 Å². The van der Waals surface area contributed by atoms with Crippen LogP contribution in [-0.4, -0.2) is 40.5 Å². The van der Waals surface area contributed by atoms with Gasteiger partial charge in [0.15, 0.2) is 5.96 Å². The molecule has 0 spiro atoms. The molecule has 0 bridgehead atoms. The van der Waals surface area contributed by atoms with Crippen LogP contribution in [0.4, 0.5) is 0 Å². The van der Waals surface area contributed by atoms with Crippen molar-refractivity contribution in [3.63, 3.8) is 0 Å². The molecule has 138 valence electrons. The number of rotatable bonds is 3. The Balaban J connectivity index is 0.00000243. The van der Waals surface area contributed by atoms with E-state index in [1.165, 1.54) is 0 Å². The summed E-state index contributed by atoms with van der Waals surface area (Å²) < 4.78 is 2.20. The number of nitrogens with zero attached hydrogens (tertiary/aromatic N) is 5. The van der Waals surface area contributed by atoms with Gasteiger partial charge in [0.25, 0.3) is 0 Å². The molecule has 0 amide bonds. The summed E-state index contributed by atoms with van der Waals surface area (Å²) in [5.74, 6) is 1.53. The average molecular weight is 464 g/mol. The number of benzene rings is 1. The van der Waals surface area contributed by atoms with Crippen LogP contribution < -0.4 is 5.32 Å². The maximum Gasteiger partial charge on any atom is 0.193 e. The van der Waals surface area contributed by atoms with Gasteiger partial charge in [-0.25, -0.2) is 4.98 Å². The Morgan fingerprint density at radius 1 is 1.38 bits per heavy atom. The Kier molecular flexibility index (Phi) is 7.45. The van der Waals surface area contributed by atoms with Crippen molar-refractivity contribution < 1.29 is 0 Å². The van der Waals surface area contributed by atoms with Gasteiger partial charge in [-0.2, -0.15) is 5.26 Å². The van der Waals surface area contributed by atoms with Crippen molar-refractivity contribution in [1.29, 1.82) is 5.26 Å². The number of likely N-dealkylation sites (tertiary alicyclic amines) is 1. The molecular weight excluding hydrogens is 439 g/mol. The fourth-order valence-corrected chi connectivity index (χ4v) is 3.31. The van der Waals surface area contributed by atoms with E-state index in [-0.39, 0.29) is 24.0 Å². The molecular formula is C19H25IN6. The van der Waals surface area contributed by atoms with Crippen LogP contribution >= 0.6 is 24.0 Å². The van der Waals surface area contributed by atoms with E-state index in [0.717, 1.165) is 31.0 Å². The number of aromatic nitrogens is 2. The predicted octanol–water partition coefficient (Wildman–Crippen LogP) is 3.03. The topological polar surface area (TPSA) is 69.2 Å². The van der Waals surface area contributed by atoms with Gasteiger partial charge >= 0.3 is 0 Å². The van der Waals surface area contributed by atoms with E-state index in [0.29, 0.717) is 24.1 Å². The first kappa shape index (κ1) is 20.2. The summed E-state index contributed by atoms with van der Waals surface area (Å²) in [5, 5.41) is 12.3. The fourth-order valence-electron chi connectivity index (χ4n) is 3.31. The second kappa shape index (κ2) is 9.57. The van der Waals surface area contributed by atoms with Gasteiger partial charge in [-0.3, -0.25) is 4.99 Å². The van der Waals surface area contributed by atoms with Crippen LogP contribution in [-0.2, 0) is 6.54 Å². The third-order valence-corrected chi connectivity index (χ3v) is 4.87. The highest BCUT2D eigenvalue weighted by Gasteiger charge is 2.28. The highest BCUT2D eigenvalue weighted by Crippen LogP contribution is 2.27. The predicted molar refractivity (Wildman–Crippen MR) is 113 cm³/mol. The molecule has 7 heteroatoms. The van der Waals surface area contributed by atoms with Gasteiger partial charge < -0.3 is 14.8 Å². The molecule has 1 fully saturated rings. The minimum Gasteiger partial charge on any atom is -0.352 e. The zero-order valence-electron chi connectivity index (χ0n) is 15.2. The van der Waals surface area contributed by atoms with E-state index < -0.39 is 0 Å². The first-order chi connectivity index (χ1) is 12.2. The molecule has 1 aliphatic rings. The van der Waals surface area contributed by atoms with Crippen LogP contribution in [0.25, 0.3) is 0 Å². The van der Waals surface area contributed by atoms with Crippen LogP contribution in [0.2, 0.25) is 0 Å². The summed E-state index contributed by atoms with van der Waals surface area (Å²) in [5.41, 5.74) is 1.82. The van der Waals surface area contributed by atoms with E-state index in [1.54, 1.807) is 0 Å². The fraction of sp³-hybridized carbons (Fsp3) is 0.421. The summed E-state index contributed by atoms with van der Waals surface area (Å²) in [6.07, 6.45) is 6.90. The van der Waals surface area contributed by atoms with Crippen molar-refractivity contribution in [2.75, 3.05) is 20.1 Å². The highest BCUT2D eigenvalue weighted by atomic mass is 127. The van der Waals surface area contributed by atoms with E-state index in [4.69, 9.17) is 5.26 Å². The third kappa shape index (κ3) is 4.75. The first-order valence-corrected chi connectivity index (χ1v) is 8.63. The van der Waals surface area contributed by atoms with Crippen molar-refractivity contribution in [2.45, 2.75) is 25.9 Å². The van der Waals surface area contributed by atoms with Crippen LogP contribution in [0.5, 0.6) is 0 Å². The molecule has 1 aliphatic heterocycles. The zero-order chi connectivity index (χ0) is 17.6. The largest absolute Gasteiger partial charge is 0.352 e. The molecule has 0 radical (unpaired) electrons. The Labute approximate surface area is 172 Å². The van der Waals surface area contributed by atoms with Gasteiger partial charge in [0.05, 0.1) is 24.0 Å². The summed E-state index contributed by atoms with van der Waals surface area (Å²) in [6, 6.07) is 10.2. The summed E-state index contributed by atoms with van der Waals surface area (Å²) in [7, 11) is 1.82. The average Bonchev–Trinajstić information content (AvgIpc) is 3.18. The maximum atomic E-state index is 8.88. The lowest BCUT2D eigenvalue weighted by molar-refractivity contribution is 0.189. The number of guanidine groups is 1. The Bertz CT molecular complexity index is 747. The van der Waals surface area contributed by atoms with Gasteiger partial charge in [-0.1, -0.05) is 19.1 Å². The number of imidazole rings is 1. The van der Waals surface area contributed by atoms with E-state index in [1.807, 2.05) is 50.0 Å². The van der Waals surface area contributed by atoms with Crippen molar-refractivity contribution in [1.82, 2.24) is 19.8 Å². The second-order valence-corrected chi connectivity index (χ2v) is 6.50. The highest BCUT2D eigenvalue weighted by molar-refractivity contribution is 14.0. The molecule has 1 aromatic carbocycles. The SMILES string of the molecule is CN=C(NCc1ccc(C#N)cc1)N1CCC(C)C(n2ccnc2)C1.I. The lowest BCUT2D eigenvalue weighted by Gasteiger charge is -2.39. The van der Waals surface area contributed by atoms with Crippen LogP contribution in [0.15, 0.2) is 48.0 Å². The van der Waals surface area contributed by atoms with Crippen molar-refractivity contribution >= 4 is 29.9 Å². The number of hydrogen-bond acceptors (Lipinski definition) is 3. The zero-order valence-corrected chi connectivity index (χ0v) is 17.5. The minimum absolute atomic E-state index is 0. The van der Waals surface area contributed by atoms with Gasteiger partial charge in [0.1, 0.15) is 0 Å². The maximum absolute atomic E-state index is 8.88. The number of halogens is 1. The van der Waals surface area contributed by atoms with Crippen molar-refractivity contribution in [3.05, 3.63) is 54.1 Å². The normalized spacial score (nSPS) is 20.2. The Hall–Kier alpha value is -2.08. The molecule has 2 atom stereocenters. The molecule has 2 heterocycles. The standard InChI is InChI=1S/C19H24N6.HI/c1-15-7-9-24(13-18(15)25-10-8-22-14-25)19(21-2)23-12-17-5-3-16(11-20)4-6-17;/h3-6,8,10,14-15,18H,7,9,12-13H2,1-2H3,(H,21,23);1H. The molecule has 1 saturated heterocycles. The van der Waals surface area contributed by atoms with Gasteiger partial charge in [0.2, 0.25) is 0 Å². The lowest BCUT2D eigenvalue weighted by Crippen LogP contribution is -2.48.